The standard InChI is InChI=1S/C13H16BrNO2/c1-15-7-13(16)9-2-3-11(12(14)6-9)10-4-5-17-8-10/h2-3,6,10,15H,4-5,7-8H2,1H3. The quantitative estimate of drug-likeness (QED) is 0.867. The summed E-state index contributed by atoms with van der Waals surface area (Å²) in [5, 5.41) is 2.87. The van der Waals surface area contributed by atoms with Crippen LogP contribution < -0.4 is 5.32 Å². The van der Waals surface area contributed by atoms with Crippen molar-refractivity contribution in [2.75, 3.05) is 26.8 Å². The Labute approximate surface area is 110 Å². The molecule has 0 bridgehead atoms. The van der Waals surface area contributed by atoms with Gasteiger partial charge in [-0.1, -0.05) is 28.1 Å². The number of nitrogens with one attached hydrogen (secondary N) is 1. The Hall–Kier alpha value is -0.710. The van der Waals surface area contributed by atoms with Gasteiger partial charge < -0.3 is 10.1 Å². The van der Waals surface area contributed by atoms with Crippen LogP contribution in [0.2, 0.25) is 0 Å². The molecule has 4 heteroatoms. The number of halogens is 1. The largest absolute Gasteiger partial charge is 0.381 e. The first-order valence-electron chi connectivity index (χ1n) is 5.77. The van der Waals surface area contributed by atoms with Crippen LogP contribution in [0.5, 0.6) is 0 Å². The summed E-state index contributed by atoms with van der Waals surface area (Å²) in [6.45, 7) is 1.98. The number of hydrogen-bond donors (Lipinski definition) is 1. The van der Waals surface area contributed by atoms with E-state index in [0.29, 0.717) is 12.5 Å². The minimum absolute atomic E-state index is 0.113. The lowest BCUT2D eigenvalue weighted by atomic mass is 9.96. The van der Waals surface area contributed by atoms with E-state index >= 15 is 0 Å². The molecule has 0 aliphatic carbocycles. The fourth-order valence-electron chi connectivity index (χ4n) is 2.07. The molecule has 0 radical (unpaired) electrons. The smallest absolute Gasteiger partial charge is 0.176 e. The molecule has 1 N–H and O–H groups in total. The van der Waals surface area contributed by atoms with Gasteiger partial charge in [0.25, 0.3) is 0 Å². The summed E-state index contributed by atoms with van der Waals surface area (Å²) in [6, 6.07) is 5.84. The van der Waals surface area contributed by atoms with E-state index in [4.69, 9.17) is 4.74 Å². The van der Waals surface area contributed by atoms with E-state index in [1.54, 1.807) is 7.05 Å². The number of carbonyl (C=O) groups excluding carboxylic acids is 1. The number of Topliss-reactive ketones (excluding diaryl/α,β-unsaturated/α-hetero) is 1. The van der Waals surface area contributed by atoms with Gasteiger partial charge in [0.15, 0.2) is 5.78 Å². The zero-order valence-electron chi connectivity index (χ0n) is 9.83. The molecule has 2 rings (SSSR count). The molecular formula is C13H16BrNO2. The lowest BCUT2D eigenvalue weighted by Gasteiger charge is -2.11. The number of carbonyl (C=O) groups is 1. The van der Waals surface area contributed by atoms with Crippen molar-refractivity contribution >= 4 is 21.7 Å². The summed E-state index contributed by atoms with van der Waals surface area (Å²) >= 11 is 3.55. The van der Waals surface area contributed by atoms with Crippen molar-refractivity contribution in [1.82, 2.24) is 5.32 Å². The molecule has 1 fully saturated rings. The van der Waals surface area contributed by atoms with Crippen LogP contribution in [0.25, 0.3) is 0 Å². The fraction of sp³-hybridized carbons (Fsp3) is 0.462. The van der Waals surface area contributed by atoms with Crippen molar-refractivity contribution in [2.24, 2.45) is 0 Å². The van der Waals surface area contributed by atoms with Crippen LogP contribution in [-0.2, 0) is 4.74 Å². The highest BCUT2D eigenvalue weighted by molar-refractivity contribution is 9.10. The van der Waals surface area contributed by atoms with Gasteiger partial charge in [-0.15, -0.1) is 0 Å². The van der Waals surface area contributed by atoms with Crippen molar-refractivity contribution in [3.63, 3.8) is 0 Å². The lowest BCUT2D eigenvalue weighted by Crippen LogP contribution is -2.18. The van der Waals surface area contributed by atoms with Crippen molar-refractivity contribution in [3.05, 3.63) is 33.8 Å². The molecular weight excluding hydrogens is 282 g/mol. The monoisotopic (exact) mass is 297 g/mol. The van der Waals surface area contributed by atoms with Crippen molar-refractivity contribution in [1.29, 1.82) is 0 Å². The molecule has 92 valence electrons. The maximum Gasteiger partial charge on any atom is 0.176 e. The second-order valence-electron chi connectivity index (χ2n) is 4.25. The molecule has 1 aromatic carbocycles. The van der Waals surface area contributed by atoms with Gasteiger partial charge in [-0.2, -0.15) is 0 Å². The molecule has 1 heterocycles. The van der Waals surface area contributed by atoms with Crippen LogP contribution in [0, 0.1) is 0 Å². The molecule has 1 atom stereocenters. The predicted molar refractivity (Wildman–Crippen MR) is 70.6 cm³/mol. The van der Waals surface area contributed by atoms with E-state index in [2.05, 4.69) is 21.2 Å². The number of rotatable bonds is 4. The van der Waals surface area contributed by atoms with Crippen molar-refractivity contribution in [3.8, 4) is 0 Å². The van der Waals surface area contributed by atoms with Crippen LogP contribution in [-0.4, -0.2) is 32.6 Å². The third-order valence-electron chi connectivity index (χ3n) is 3.03. The molecule has 0 spiro atoms. The Morgan fingerprint density at radius 1 is 1.59 bits per heavy atom. The first kappa shape index (κ1) is 12.7. The second-order valence-corrected chi connectivity index (χ2v) is 5.10. The molecule has 1 aromatic rings. The molecule has 3 nitrogen and oxygen atoms in total. The van der Waals surface area contributed by atoms with E-state index in [-0.39, 0.29) is 5.78 Å². The first-order valence-corrected chi connectivity index (χ1v) is 6.56. The topological polar surface area (TPSA) is 38.3 Å². The normalized spacial score (nSPS) is 19.5. The fourth-order valence-corrected chi connectivity index (χ4v) is 2.78. The van der Waals surface area contributed by atoms with E-state index in [0.717, 1.165) is 29.7 Å². The highest BCUT2D eigenvalue weighted by Crippen LogP contribution is 2.31. The van der Waals surface area contributed by atoms with E-state index in [1.807, 2.05) is 18.2 Å². The number of benzene rings is 1. The summed E-state index contributed by atoms with van der Waals surface area (Å²) < 4.78 is 6.39. The minimum atomic E-state index is 0.113. The third-order valence-corrected chi connectivity index (χ3v) is 3.72. The Bertz CT molecular complexity index is 414. The van der Waals surface area contributed by atoms with Crippen molar-refractivity contribution < 1.29 is 9.53 Å². The number of ether oxygens (including phenoxy) is 1. The first-order chi connectivity index (χ1) is 8.22. The maximum absolute atomic E-state index is 11.7. The SMILES string of the molecule is CNCC(=O)c1ccc(C2CCOC2)c(Br)c1. The van der Waals surface area contributed by atoms with Gasteiger partial charge in [0.05, 0.1) is 13.2 Å². The third kappa shape index (κ3) is 2.94. The lowest BCUT2D eigenvalue weighted by molar-refractivity contribution is 0.0993. The Morgan fingerprint density at radius 2 is 2.41 bits per heavy atom. The average molecular weight is 298 g/mol. The highest BCUT2D eigenvalue weighted by Gasteiger charge is 2.20. The van der Waals surface area contributed by atoms with Crippen LogP contribution >= 0.6 is 15.9 Å². The van der Waals surface area contributed by atoms with Gasteiger partial charge in [-0.3, -0.25) is 4.79 Å². The average Bonchev–Trinajstić information content (AvgIpc) is 2.82. The molecule has 1 saturated heterocycles. The molecule has 0 amide bonds. The molecule has 1 aliphatic heterocycles. The van der Waals surface area contributed by atoms with E-state index in [9.17, 15) is 4.79 Å². The second kappa shape index (κ2) is 5.76. The predicted octanol–water partition coefficient (Wildman–Crippen LogP) is 2.36. The zero-order valence-corrected chi connectivity index (χ0v) is 11.4. The maximum atomic E-state index is 11.7. The Balaban J connectivity index is 2.19. The van der Waals surface area contributed by atoms with Crippen LogP contribution in [0.15, 0.2) is 22.7 Å². The van der Waals surface area contributed by atoms with E-state index in [1.165, 1.54) is 5.56 Å². The van der Waals surface area contributed by atoms with Gasteiger partial charge in [0.2, 0.25) is 0 Å². The summed E-state index contributed by atoms with van der Waals surface area (Å²) in [7, 11) is 1.77. The summed E-state index contributed by atoms with van der Waals surface area (Å²) in [5.74, 6) is 0.570. The van der Waals surface area contributed by atoms with Gasteiger partial charge >= 0.3 is 0 Å². The molecule has 0 aromatic heterocycles. The molecule has 1 aliphatic rings. The van der Waals surface area contributed by atoms with Gasteiger partial charge in [0, 0.05) is 22.6 Å². The number of ketones is 1. The highest BCUT2D eigenvalue weighted by atomic mass is 79.9. The molecule has 0 saturated carbocycles. The van der Waals surface area contributed by atoms with E-state index < -0.39 is 0 Å². The summed E-state index contributed by atoms with van der Waals surface area (Å²) in [6.07, 6.45) is 1.06. The van der Waals surface area contributed by atoms with Crippen LogP contribution in [0.3, 0.4) is 0 Å². The van der Waals surface area contributed by atoms with Crippen LogP contribution in [0.1, 0.15) is 28.3 Å². The Kier molecular flexibility index (Phi) is 4.31. The Morgan fingerprint density at radius 3 is 3.00 bits per heavy atom. The van der Waals surface area contributed by atoms with Crippen molar-refractivity contribution in [2.45, 2.75) is 12.3 Å². The summed E-state index contributed by atoms with van der Waals surface area (Å²) in [4.78, 5) is 11.7. The zero-order chi connectivity index (χ0) is 12.3. The number of likely N-dealkylation sites (N-methyl/N-ethyl adjacent to an activating group) is 1. The minimum Gasteiger partial charge on any atom is -0.381 e. The molecule has 1 unspecified atom stereocenters. The number of hydrogen-bond acceptors (Lipinski definition) is 3. The molecule has 17 heavy (non-hydrogen) atoms. The van der Waals surface area contributed by atoms with Gasteiger partial charge in [-0.05, 0) is 25.1 Å². The van der Waals surface area contributed by atoms with Gasteiger partial charge in [0.1, 0.15) is 0 Å². The van der Waals surface area contributed by atoms with Crippen LogP contribution in [0.4, 0.5) is 0 Å². The summed E-state index contributed by atoms with van der Waals surface area (Å²) in [5.41, 5.74) is 1.98. The van der Waals surface area contributed by atoms with Gasteiger partial charge in [-0.25, -0.2) is 0 Å².